The molecule has 0 atom stereocenters. The molecule has 0 spiro atoms. The van der Waals surface area contributed by atoms with Crippen LogP contribution >= 0.6 is 0 Å². The van der Waals surface area contributed by atoms with E-state index in [9.17, 15) is 4.39 Å². The zero-order chi connectivity index (χ0) is 8.97. The van der Waals surface area contributed by atoms with Gasteiger partial charge in [-0.05, 0) is 13.1 Å². The molecule has 1 N–H and O–H groups in total. The van der Waals surface area contributed by atoms with Crippen molar-refractivity contribution < 1.29 is 9.13 Å². The molecule has 0 saturated heterocycles. The quantitative estimate of drug-likeness (QED) is 0.733. The molecule has 12 heavy (non-hydrogen) atoms. The van der Waals surface area contributed by atoms with E-state index >= 15 is 0 Å². The first-order chi connectivity index (χ1) is 5.77. The van der Waals surface area contributed by atoms with Crippen LogP contribution < -0.4 is 10.1 Å². The van der Waals surface area contributed by atoms with E-state index in [0.717, 1.165) is 0 Å². The van der Waals surface area contributed by atoms with Gasteiger partial charge in [0.25, 0.3) is 0 Å². The van der Waals surface area contributed by atoms with Crippen molar-refractivity contribution in [2.75, 3.05) is 14.2 Å². The molecule has 4 heteroatoms. The molecule has 0 aliphatic carbocycles. The molecule has 1 heterocycles. The molecule has 66 valence electrons. The Kier molecular flexibility index (Phi) is 2.99. The third-order valence-corrected chi connectivity index (χ3v) is 1.45. The molecule has 0 aromatic carbocycles. The standard InChI is InChI=1S/C8H11FN2O/c1-10-5-7-6(9)3-4-8(11-7)12-2/h3-4,10H,5H2,1-2H3. The molecule has 1 rings (SSSR count). The average Bonchev–Trinajstić information content (AvgIpc) is 2.09. The number of pyridine rings is 1. The number of halogens is 1. The molecular weight excluding hydrogens is 159 g/mol. The average molecular weight is 170 g/mol. The summed E-state index contributed by atoms with van der Waals surface area (Å²) in [7, 11) is 3.24. The maximum absolute atomic E-state index is 12.9. The van der Waals surface area contributed by atoms with Crippen LogP contribution in [0.4, 0.5) is 4.39 Å². The summed E-state index contributed by atoms with van der Waals surface area (Å²) in [6.45, 7) is 0.406. The fourth-order valence-electron chi connectivity index (χ4n) is 0.869. The summed E-state index contributed by atoms with van der Waals surface area (Å²) in [5.41, 5.74) is 0.372. The Morgan fingerprint density at radius 2 is 2.33 bits per heavy atom. The molecule has 0 fully saturated rings. The van der Waals surface area contributed by atoms with Gasteiger partial charge in [-0.25, -0.2) is 9.37 Å². The lowest BCUT2D eigenvalue weighted by molar-refractivity contribution is 0.392. The molecule has 0 unspecified atom stereocenters. The predicted molar refractivity (Wildman–Crippen MR) is 43.5 cm³/mol. The molecule has 0 bridgehead atoms. The maximum atomic E-state index is 12.9. The molecule has 0 saturated carbocycles. The summed E-state index contributed by atoms with van der Waals surface area (Å²) < 4.78 is 17.8. The van der Waals surface area contributed by atoms with Gasteiger partial charge in [-0.1, -0.05) is 0 Å². The third kappa shape index (κ3) is 1.92. The molecule has 0 radical (unpaired) electrons. The lowest BCUT2D eigenvalue weighted by Gasteiger charge is -2.03. The van der Waals surface area contributed by atoms with Crippen LogP contribution in [-0.2, 0) is 6.54 Å². The Morgan fingerprint density at radius 3 is 2.92 bits per heavy atom. The van der Waals surface area contributed by atoms with Crippen LogP contribution in [-0.4, -0.2) is 19.1 Å². The summed E-state index contributed by atoms with van der Waals surface area (Å²) in [5, 5.41) is 2.82. The first-order valence-electron chi connectivity index (χ1n) is 3.62. The highest BCUT2D eigenvalue weighted by Crippen LogP contribution is 2.10. The highest BCUT2D eigenvalue weighted by atomic mass is 19.1. The number of ether oxygens (including phenoxy) is 1. The van der Waals surface area contributed by atoms with Crippen LogP contribution in [0.2, 0.25) is 0 Å². The first-order valence-corrected chi connectivity index (χ1v) is 3.62. The van der Waals surface area contributed by atoms with Crippen LogP contribution in [0.25, 0.3) is 0 Å². The van der Waals surface area contributed by atoms with Gasteiger partial charge in [0.2, 0.25) is 5.88 Å². The van der Waals surface area contributed by atoms with Crippen molar-refractivity contribution in [1.29, 1.82) is 0 Å². The van der Waals surface area contributed by atoms with Gasteiger partial charge >= 0.3 is 0 Å². The fourth-order valence-corrected chi connectivity index (χ4v) is 0.869. The van der Waals surface area contributed by atoms with E-state index in [1.165, 1.54) is 19.2 Å². The molecule has 0 aliphatic rings. The number of methoxy groups -OCH3 is 1. The Hall–Kier alpha value is -1.16. The van der Waals surface area contributed by atoms with Crippen LogP contribution in [0.3, 0.4) is 0 Å². The number of rotatable bonds is 3. The molecule has 0 amide bonds. The SMILES string of the molecule is CNCc1nc(OC)ccc1F. The first kappa shape index (κ1) is 8.93. The zero-order valence-electron chi connectivity index (χ0n) is 7.10. The molecule has 0 aliphatic heterocycles. The zero-order valence-corrected chi connectivity index (χ0v) is 7.10. The van der Waals surface area contributed by atoms with Crippen LogP contribution in [0, 0.1) is 5.82 Å². The van der Waals surface area contributed by atoms with E-state index in [-0.39, 0.29) is 5.82 Å². The number of hydrogen-bond acceptors (Lipinski definition) is 3. The van der Waals surface area contributed by atoms with E-state index in [0.29, 0.717) is 18.1 Å². The van der Waals surface area contributed by atoms with Gasteiger partial charge in [0.05, 0.1) is 12.8 Å². The van der Waals surface area contributed by atoms with Crippen LogP contribution in [0.1, 0.15) is 5.69 Å². The minimum Gasteiger partial charge on any atom is -0.481 e. The van der Waals surface area contributed by atoms with Crippen LogP contribution in [0.15, 0.2) is 12.1 Å². The lowest BCUT2D eigenvalue weighted by atomic mass is 10.3. The smallest absolute Gasteiger partial charge is 0.213 e. The Labute approximate surface area is 70.6 Å². The van der Waals surface area contributed by atoms with Crippen molar-refractivity contribution in [3.8, 4) is 5.88 Å². The normalized spacial score (nSPS) is 9.92. The Balaban J connectivity index is 2.91. The van der Waals surface area contributed by atoms with Gasteiger partial charge < -0.3 is 10.1 Å². The third-order valence-electron chi connectivity index (χ3n) is 1.45. The fraction of sp³-hybridized carbons (Fsp3) is 0.375. The second kappa shape index (κ2) is 4.01. The minimum absolute atomic E-state index is 0.315. The van der Waals surface area contributed by atoms with Gasteiger partial charge in [0.1, 0.15) is 5.82 Å². The van der Waals surface area contributed by atoms with E-state index in [1.54, 1.807) is 7.05 Å². The lowest BCUT2D eigenvalue weighted by Crippen LogP contribution is -2.09. The van der Waals surface area contributed by atoms with Crippen molar-refractivity contribution in [3.05, 3.63) is 23.6 Å². The van der Waals surface area contributed by atoms with Gasteiger partial charge in [-0.15, -0.1) is 0 Å². The van der Waals surface area contributed by atoms with Crippen molar-refractivity contribution in [2.45, 2.75) is 6.54 Å². The number of nitrogens with zero attached hydrogens (tertiary/aromatic N) is 1. The summed E-state index contributed by atoms with van der Waals surface area (Å²) in [6, 6.07) is 2.84. The summed E-state index contributed by atoms with van der Waals surface area (Å²) in [6.07, 6.45) is 0. The maximum Gasteiger partial charge on any atom is 0.213 e. The topological polar surface area (TPSA) is 34.2 Å². The van der Waals surface area contributed by atoms with Crippen LogP contribution in [0.5, 0.6) is 5.88 Å². The predicted octanol–water partition coefficient (Wildman–Crippen LogP) is 0.949. The number of aromatic nitrogens is 1. The van der Waals surface area contributed by atoms with E-state index in [1.807, 2.05) is 0 Å². The Bertz CT molecular complexity index is 265. The summed E-state index contributed by atoms with van der Waals surface area (Å²) in [4.78, 5) is 3.92. The molecule has 1 aromatic heterocycles. The molecule has 1 aromatic rings. The van der Waals surface area contributed by atoms with Gasteiger partial charge in [0, 0.05) is 12.6 Å². The van der Waals surface area contributed by atoms with Crippen molar-refractivity contribution in [3.63, 3.8) is 0 Å². The highest BCUT2D eigenvalue weighted by Gasteiger charge is 2.03. The monoisotopic (exact) mass is 170 g/mol. The van der Waals surface area contributed by atoms with Gasteiger partial charge in [0.15, 0.2) is 0 Å². The van der Waals surface area contributed by atoms with E-state index in [4.69, 9.17) is 4.74 Å². The Morgan fingerprint density at radius 1 is 1.58 bits per heavy atom. The number of nitrogens with one attached hydrogen (secondary N) is 1. The van der Waals surface area contributed by atoms with Crippen molar-refractivity contribution in [2.24, 2.45) is 0 Å². The van der Waals surface area contributed by atoms with Crippen molar-refractivity contribution in [1.82, 2.24) is 10.3 Å². The second-order valence-electron chi connectivity index (χ2n) is 2.31. The number of hydrogen-bond donors (Lipinski definition) is 1. The van der Waals surface area contributed by atoms with Gasteiger partial charge in [-0.2, -0.15) is 0 Å². The van der Waals surface area contributed by atoms with Gasteiger partial charge in [-0.3, -0.25) is 0 Å². The minimum atomic E-state index is -0.315. The highest BCUT2D eigenvalue weighted by molar-refractivity contribution is 5.17. The largest absolute Gasteiger partial charge is 0.481 e. The summed E-state index contributed by atoms with van der Waals surface area (Å²) >= 11 is 0. The van der Waals surface area contributed by atoms with E-state index in [2.05, 4.69) is 10.3 Å². The van der Waals surface area contributed by atoms with Crippen molar-refractivity contribution >= 4 is 0 Å². The van der Waals surface area contributed by atoms with E-state index < -0.39 is 0 Å². The summed E-state index contributed by atoms with van der Waals surface area (Å²) in [5.74, 6) is 0.117. The molecular formula is C8H11FN2O. The molecule has 3 nitrogen and oxygen atoms in total. The second-order valence-corrected chi connectivity index (χ2v) is 2.31.